The maximum Gasteiger partial charge on any atom is 0.309 e. The lowest BCUT2D eigenvalue weighted by Gasteiger charge is -2.30. The molecule has 0 N–H and O–H groups in total. The molecule has 1 aliphatic heterocycles. The van der Waals surface area contributed by atoms with Crippen LogP contribution in [-0.4, -0.2) is 38.4 Å². The van der Waals surface area contributed by atoms with Gasteiger partial charge in [0, 0.05) is 13.1 Å². The van der Waals surface area contributed by atoms with Crippen molar-refractivity contribution in [1.29, 1.82) is 0 Å². The molecule has 1 aliphatic rings. The minimum absolute atomic E-state index is 0.237. The van der Waals surface area contributed by atoms with Gasteiger partial charge in [-0.15, -0.1) is 0 Å². The Morgan fingerprint density at radius 3 is 2.41 bits per heavy atom. The highest BCUT2D eigenvalue weighted by molar-refractivity contribution is 7.89. The molecule has 156 valence electrons. The van der Waals surface area contributed by atoms with E-state index in [0.29, 0.717) is 38.3 Å². The number of hydrogen-bond acceptors (Lipinski definition) is 5. The number of piperidine rings is 1. The Hall–Kier alpha value is -2.38. The van der Waals surface area contributed by atoms with Crippen molar-refractivity contribution >= 4 is 16.0 Å². The summed E-state index contributed by atoms with van der Waals surface area (Å²) in [6.07, 6.45) is 0.922. The van der Waals surface area contributed by atoms with E-state index in [1.165, 1.54) is 4.31 Å². The normalized spacial score (nSPS) is 15.8. The van der Waals surface area contributed by atoms with Gasteiger partial charge in [-0.25, -0.2) is 8.42 Å². The number of nitrogens with zero attached hydrogens (tertiary/aromatic N) is 1. The van der Waals surface area contributed by atoms with Crippen LogP contribution < -0.4 is 4.74 Å². The maximum absolute atomic E-state index is 12.8. The maximum atomic E-state index is 12.8. The number of carbonyl (C=O) groups is 1. The molecule has 1 fully saturated rings. The molecule has 0 bridgehead atoms. The van der Waals surface area contributed by atoms with Gasteiger partial charge in [-0.05, 0) is 56.5 Å². The Labute approximate surface area is 172 Å². The molecule has 7 heteroatoms. The van der Waals surface area contributed by atoms with E-state index >= 15 is 0 Å². The van der Waals surface area contributed by atoms with Crippen LogP contribution >= 0.6 is 0 Å². The van der Waals surface area contributed by atoms with Crippen molar-refractivity contribution in [3.8, 4) is 5.75 Å². The van der Waals surface area contributed by atoms with Crippen molar-refractivity contribution < 1.29 is 22.7 Å². The summed E-state index contributed by atoms with van der Waals surface area (Å²) in [4.78, 5) is 12.6. The van der Waals surface area contributed by atoms with E-state index in [0.717, 1.165) is 11.1 Å². The van der Waals surface area contributed by atoms with Gasteiger partial charge in [-0.2, -0.15) is 4.31 Å². The van der Waals surface area contributed by atoms with Crippen LogP contribution in [0.5, 0.6) is 5.75 Å². The van der Waals surface area contributed by atoms with Gasteiger partial charge in [0.05, 0.1) is 17.4 Å². The minimum atomic E-state index is -3.58. The van der Waals surface area contributed by atoms with Gasteiger partial charge < -0.3 is 9.47 Å². The summed E-state index contributed by atoms with van der Waals surface area (Å²) < 4.78 is 37.9. The molecule has 0 spiro atoms. The molecule has 0 unspecified atom stereocenters. The molecule has 29 heavy (non-hydrogen) atoms. The Kier molecular flexibility index (Phi) is 6.92. The van der Waals surface area contributed by atoms with Crippen LogP contribution in [0.25, 0.3) is 0 Å². The molecule has 3 rings (SSSR count). The standard InChI is InChI=1S/C22H27NO5S/c1-3-27-20-7-9-21(10-8-20)29(25,26)23-13-11-19(12-14-23)22(24)28-16-18-6-4-5-17(2)15-18/h4-10,15,19H,3,11-14,16H2,1-2H3. The molecule has 0 amide bonds. The third-order valence-corrected chi connectivity index (χ3v) is 6.94. The zero-order valence-electron chi connectivity index (χ0n) is 16.8. The second-order valence-corrected chi connectivity index (χ2v) is 9.12. The summed E-state index contributed by atoms with van der Waals surface area (Å²) in [7, 11) is -3.58. The molecule has 1 saturated heterocycles. The number of carbonyl (C=O) groups excluding carboxylic acids is 1. The van der Waals surface area contributed by atoms with Crippen molar-refractivity contribution in [2.24, 2.45) is 5.92 Å². The first-order valence-corrected chi connectivity index (χ1v) is 11.3. The number of esters is 1. The molecule has 0 radical (unpaired) electrons. The largest absolute Gasteiger partial charge is 0.494 e. The van der Waals surface area contributed by atoms with E-state index in [-0.39, 0.29) is 23.4 Å². The summed E-state index contributed by atoms with van der Waals surface area (Å²) in [5.41, 5.74) is 2.07. The third-order valence-electron chi connectivity index (χ3n) is 5.02. The van der Waals surface area contributed by atoms with Crippen LogP contribution in [0.2, 0.25) is 0 Å². The summed E-state index contributed by atoms with van der Waals surface area (Å²) in [6.45, 7) is 5.25. The van der Waals surface area contributed by atoms with Crippen molar-refractivity contribution in [1.82, 2.24) is 4.31 Å². The molecule has 0 saturated carbocycles. The molecule has 0 aromatic heterocycles. The second-order valence-electron chi connectivity index (χ2n) is 7.18. The molecule has 1 heterocycles. The lowest BCUT2D eigenvalue weighted by atomic mass is 9.98. The van der Waals surface area contributed by atoms with Crippen molar-refractivity contribution in [3.63, 3.8) is 0 Å². The Balaban J connectivity index is 1.54. The molecule has 0 aliphatic carbocycles. The van der Waals surface area contributed by atoms with Gasteiger partial charge in [-0.3, -0.25) is 4.79 Å². The molecular formula is C22H27NO5S. The van der Waals surface area contributed by atoms with Crippen molar-refractivity contribution in [2.45, 2.75) is 38.2 Å². The van der Waals surface area contributed by atoms with Gasteiger partial charge in [0.2, 0.25) is 10.0 Å². The number of ether oxygens (including phenoxy) is 2. The second kappa shape index (κ2) is 9.41. The lowest BCUT2D eigenvalue weighted by Crippen LogP contribution is -2.40. The summed E-state index contributed by atoms with van der Waals surface area (Å²) in [6, 6.07) is 14.3. The molecule has 6 nitrogen and oxygen atoms in total. The van der Waals surface area contributed by atoms with E-state index in [2.05, 4.69) is 0 Å². The van der Waals surface area contributed by atoms with Gasteiger partial charge >= 0.3 is 5.97 Å². The van der Waals surface area contributed by atoms with E-state index < -0.39 is 10.0 Å². The summed E-state index contributed by atoms with van der Waals surface area (Å²) in [5, 5.41) is 0. The average Bonchev–Trinajstić information content (AvgIpc) is 2.73. The number of benzene rings is 2. The number of sulfonamides is 1. The highest BCUT2D eigenvalue weighted by Crippen LogP contribution is 2.26. The van der Waals surface area contributed by atoms with Gasteiger partial charge in [-0.1, -0.05) is 29.8 Å². The Morgan fingerprint density at radius 1 is 1.10 bits per heavy atom. The monoisotopic (exact) mass is 417 g/mol. The smallest absolute Gasteiger partial charge is 0.309 e. The minimum Gasteiger partial charge on any atom is -0.494 e. The van der Waals surface area contributed by atoms with Gasteiger partial charge in [0.25, 0.3) is 0 Å². The van der Waals surface area contributed by atoms with Crippen LogP contribution in [0.4, 0.5) is 0 Å². The fourth-order valence-electron chi connectivity index (χ4n) is 3.43. The average molecular weight is 418 g/mol. The SMILES string of the molecule is CCOc1ccc(S(=O)(=O)N2CCC(C(=O)OCc3cccc(C)c3)CC2)cc1. The fourth-order valence-corrected chi connectivity index (χ4v) is 4.90. The van der Waals surface area contributed by atoms with Crippen LogP contribution in [0, 0.1) is 12.8 Å². The van der Waals surface area contributed by atoms with Crippen molar-refractivity contribution in [3.05, 3.63) is 59.7 Å². The lowest BCUT2D eigenvalue weighted by molar-refractivity contribution is -0.151. The first-order chi connectivity index (χ1) is 13.9. The first-order valence-electron chi connectivity index (χ1n) is 9.85. The molecular weight excluding hydrogens is 390 g/mol. The Morgan fingerprint density at radius 2 is 1.79 bits per heavy atom. The zero-order chi connectivity index (χ0) is 20.9. The number of hydrogen-bond donors (Lipinski definition) is 0. The van der Waals surface area contributed by atoms with Gasteiger partial charge in [0.1, 0.15) is 12.4 Å². The highest BCUT2D eigenvalue weighted by Gasteiger charge is 2.32. The van der Waals surface area contributed by atoms with E-state index in [4.69, 9.17) is 9.47 Å². The van der Waals surface area contributed by atoms with Gasteiger partial charge in [0.15, 0.2) is 0 Å². The Bertz CT molecular complexity index is 932. The van der Waals surface area contributed by atoms with Crippen LogP contribution in [0.3, 0.4) is 0 Å². The van der Waals surface area contributed by atoms with E-state index in [9.17, 15) is 13.2 Å². The quantitative estimate of drug-likeness (QED) is 0.645. The number of aryl methyl sites for hydroxylation is 1. The zero-order valence-corrected chi connectivity index (χ0v) is 17.7. The van der Waals surface area contributed by atoms with Crippen LogP contribution in [0.15, 0.2) is 53.4 Å². The topological polar surface area (TPSA) is 72.9 Å². The molecule has 0 atom stereocenters. The summed E-state index contributed by atoms with van der Waals surface area (Å²) >= 11 is 0. The molecule has 2 aromatic carbocycles. The van der Waals surface area contributed by atoms with Crippen molar-refractivity contribution in [2.75, 3.05) is 19.7 Å². The van der Waals surface area contributed by atoms with E-state index in [1.54, 1.807) is 24.3 Å². The first kappa shape index (κ1) is 21.3. The number of rotatable bonds is 7. The third kappa shape index (κ3) is 5.36. The van der Waals surface area contributed by atoms with Crippen LogP contribution in [-0.2, 0) is 26.2 Å². The fraction of sp³-hybridized carbons (Fsp3) is 0.409. The van der Waals surface area contributed by atoms with Crippen LogP contribution in [0.1, 0.15) is 30.9 Å². The predicted octanol–water partition coefficient (Wildman–Crippen LogP) is 3.54. The van der Waals surface area contributed by atoms with E-state index in [1.807, 2.05) is 38.1 Å². The molecule has 2 aromatic rings. The summed E-state index contributed by atoms with van der Waals surface area (Å²) in [5.74, 6) is 0.109. The predicted molar refractivity (Wildman–Crippen MR) is 110 cm³/mol. The highest BCUT2D eigenvalue weighted by atomic mass is 32.2.